The minimum absolute atomic E-state index is 0.0530. The summed E-state index contributed by atoms with van der Waals surface area (Å²) < 4.78 is 24.9. The molecule has 9 heteroatoms. The van der Waals surface area contributed by atoms with Gasteiger partial charge in [0.05, 0.1) is 10.4 Å². The van der Waals surface area contributed by atoms with E-state index in [2.05, 4.69) is 31.2 Å². The van der Waals surface area contributed by atoms with E-state index < -0.39 is 10.0 Å². The number of aromatic nitrogens is 2. The molecule has 1 aromatic heterocycles. The van der Waals surface area contributed by atoms with Crippen LogP contribution in [0.2, 0.25) is 0 Å². The molecule has 0 saturated carbocycles. The minimum Gasteiger partial charge on any atom is -0.368 e. The van der Waals surface area contributed by atoms with Gasteiger partial charge in [0.2, 0.25) is 16.0 Å². The molecule has 0 unspecified atom stereocenters. The molecular formula is C20H16BrN5O2S. The van der Waals surface area contributed by atoms with Crippen LogP contribution >= 0.6 is 15.9 Å². The zero-order chi connectivity index (χ0) is 20.6. The first kappa shape index (κ1) is 19.3. The molecule has 29 heavy (non-hydrogen) atoms. The maximum atomic E-state index is 12.0. The summed E-state index contributed by atoms with van der Waals surface area (Å²) in [5.41, 5.74) is 8.49. The number of nitrogens with zero attached hydrogens (tertiary/aromatic N) is 2. The van der Waals surface area contributed by atoms with Gasteiger partial charge in [0.25, 0.3) is 0 Å². The van der Waals surface area contributed by atoms with Gasteiger partial charge in [0.1, 0.15) is 5.82 Å². The fourth-order valence-corrected chi connectivity index (χ4v) is 4.23. The molecular weight excluding hydrogens is 454 g/mol. The number of hydrogen-bond acceptors (Lipinski definition) is 6. The number of fused-ring (bicyclic) bond motifs is 1. The van der Waals surface area contributed by atoms with Crippen LogP contribution in [-0.4, -0.2) is 18.4 Å². The van der Waals surface area contributed by atoms with Crippen LogP contribution in [-0.2, 0) is 10.0 Å². The van der Waals surface area contributed by atoms with E-state index in [1.807, 2.05) is 30.3 Å². The third-order valence-corrected chi connectivity index (χ3v) is 5.77. The summed E-state index contributed by atoms with van der Waals surface area (Å²) >= 11 is 3.44. The van der Waals surface area contributed by atoms with Gasteiger partial charge < -0.3 is 11.1 Å². The van der Waals surface area contributed by atoms with Crippen molar-refractivity contribution in [1.82, 2.24) is 9.97 Å². The Morgan fingerprint density at radius 3 is 2.48 bits per heavy atom. The summed E-state index contributed by atoms with van der Waals surface area (Å²) in [7, 11) is -3.88. The Morgan fingerprint density at radius 2 is 1.72 bits per heavy atom. The molecule has 4 rings (SSSR count). The van der Waals surface area contributed by atoms with E-state index in [9.17, 15) is 8.42 Å². The van der Waals surface area contributed by atoms with Gasteiger partial charge in [-0.15, -0.1) is 0 Å². The molecule has 4 aromatic rings. The quantitative estimate of drug-likeness (QED) is 0.414. The van der Waals surface area contributed by atoms with Crippen molar-refractivity contribution in [2.75, 3.05) is 11.1 Å². The number of benzene rings is 3. The fourth-order valence-electron chi connectivity index (χ4n) is 3.07. The summed E-state index contributed by atoms with van der Waals surface area (Å²) in [5.74, 6) is 0.646. The number of hydrogen-bond donors (Lipinski definition) is 3. The number of nitrogen functional groups attached to an aromatic ring is 1. The summed E-state index contributed by atoms with van der Waals surface area (Å²) in [6.45, 7) is 0. The number of rotatable bonds is 4. The molecule has 7 nitrogen and oxygen atoms in total. The van der Waals surface area contributed by atoms with Crippen LogP contribution in [0.15, 0.2) is 76.1 Å². The van der Waals surface area contributed by atoms with Gasteiger partial charge in [-0.1, -0.05) is 46.3 Å². The van der Waals surface area contributed by atoms with E-state index in [-0.39, 0.29) is 10.8 Å². The monoisotopic (exact) mass is 469 g/mol. The molecule has 0 aliphatic rings. The van der Waals surface area contributed by atoms with Crippen molar-refractivity contribution in [3.63, 3.8) is 0 Å². The molecule has 0 saturated heterocycles. The lowest BCUT2D eigenvalue weighted by Crippen LogP contribution is -2.13. The zero-order valence-corrected chi connectivity index (χ0v) is 17.4. The Hall–Kier alpha value is -3.01. The van der Waals surface area contributed by atoms with Gasteiger partial charge in [-0.05, 0) is 42.0 Å². The molecule has 0 spiro atoms. The van der Waals surface area contributed by atoms with Crippen molar-refractivity contribution in [3.8, 4) is 11.1 Å². The van der Waals surface area contributed by atoms with Crippen molar-refractivity contribution in [1.29, 1.82) is 0 Å². The molecule has 0 aliphatic carbocycles. The van der Waals surface area contributed by atoms with Gasteiger partial charge in [-0.25, -0.2) is 18.5 Å². The van der Waals surface area contributed by atoms with Gasteiger partial charge in [-0.2, -0.15) is 4.98 Å². The van der Waals surface area contributed by atoms with Crippen LogP contribution in [0.25, 0.3) is 22.0 Å². The SMILES string of the molecule is Nc1nc(Nc2cccc(Br)c2)c2cc(-c3ccccc3S(N)(=O)=O)ccc2n1. The Morgan fingerprint density at radius 1 is 0.931 bits per heavy atom. The highest BCUT2D eigenvalue weighted by Gasteiger charge is 2.16. The molecule has 1 heterocycles. The normalized spacial score (nSPS) is 11.5. The molecule has 0 amide bonds. The molecule has 0 radical (unpaired) electrons. The largest absolute Gasteiger partial charge is 0.368 e. The summed E-state index contributed by atoms with van der Waals surface area (Å²) in [5, 5.41) is 9.33. The number of primary sulfonamides is 1. The molecule has 5 N–H and O–H groups in total. The van der Waals surface area contributed by atoms with E-state index in [0.717, 1.165) is 10.2 Å². The number of sulfonamides is 1. The van der Waals surface area contributed by atoms with Crippen molar-refractivity contribution < 1.29 is 8.42 Å². The molecule has 3 aromatic carbocycles. The van der Waals surface area contributed by atoms with Crippen molar-refractivity contribution in [2.24, 2.45) is 5.14 Å². The number of anilines is 3. The Labute approximate surface area is 176 Å². The number of nitrogens with two attached hydrogens (primary N) is 2. The highest BCUT2D eigenvalue weighted by atomic mass is 79.9. The maximum Gasteiger partial charge on any atom is 0.238 e. The van der Waals surface area contributed by atoms with Crippen molar-refractivity contribution >= 4 is 54.3 Å². The Bertz CT molecular complexity index is 1340. The van der Waals surface area contributed by atoms with Crippen LogP contribution < -0.4 is 16.2 Å². The van der Waals surface area contributed by atoms with Gasteiger partial charge in [0.15, 0.2) is 0 Å². The topological polar surface area (TPSA) is 124 Å². The lowest BCUT2D eigenvalue weighted by molar-refractivity contribution is 0.598. The van der Waals surface area contributed by atoms with Crippen LogP contribution in [0, 0.1) is 0 Å². The van der Waals surface area contributed by atoms with E-state index >= 15 is 0 Å². The summed E-state index contributed by atoms with van der Waals surface area (Å²) in [6.07, 6.45) is 0. The van der Waals surface area contributed by atoms with Crippen molar-refractivity contribution in [3.05, 3.63) is 71.2 Å². The third kappa shape index (κ3) is 4.07. The van der Waals surface area contributed by atoms with E-state index in [4.69, 9.17) is 10.9 Å². The molecule has 146 valence electrons. The smallest absolute Gasteiger partial charge is 0.238 e. The van der Waals surface area contributed by atoms with Crippen LogP contribution in [0.3, 0.4) is 0 Å². The van der Waals surface area contributed by atoms with E-state index in [1.165, 1.54) is 6.07 Å². The summed E-state index contributed by atoms with van der Waals surface area (Å²) in [6, 6.07) is 19.6. The highest BCUT2D eigenvalue weighted by molar-refractivity contribution is 9.10. The van der Waals surface area contributed by atoms with Crippen LogP contribution in [0.4, 0.5) is 17.5 Å². The predicted octanol–water partition coefficient (Wildman–Crippen LogP) is 4.03. The predicted molar refractivity (Wildman–Crippen MR) is 118 cm³/mol. The van der Waals surface area contributed by atoms with Gasteiger partial charge >= 0.3 is 0 Å². The zero-order valence-electron chi connectivity index (χ0n) is 15.0. The fraction of sp³-hybridized carbons (Fsp3) is 0. The number of halogens is 1. The minimum atomic E-state index is -3.88. The second-order valence-corrected chi connectivity index (χ2v) is 8.78. The van der Waals surface area contributed by atoms with Gasteiger partial charge in [-0.3, -0.25) is 0 Å². The average Bonchev–Trinajstić information content (AvgIpc) is 2.67. The lowest BCUT2D eigenvalue weighted by Gasteiger charge is -2.12. The highest BCUT2D eigenvalue weighted by Crippen LogP contribution is 2.32. The first-order valence-electron chi connectivity index (χ1n) is 8.53. The molecule has 0 atom stereocenters. The molecule has 0 fully saturated rings. The summed E-state index contributed by atoms with van der Waals surface area (Å²) in [4.78, 5) is 8.66. The standard InChI is InChI=1S/C20H16BrN5O2S/c21-13-4-3-5-14(11-13)24-19-16-10-12(8-9-17(16)25-20(22)26-19)15-6-1-2-7-18(15)29(23,27)28/h1-11H,(H2,23,27,28)(H3,22,24,25,26). The molecule has 0 aliphatic heterocycles. The van der Waals surface area contributed by atoms with Crippen molar-refractivity contribution in [2.45, 2.75) is 4.90 Å². The van der Waals surface area contributed by atoms with E-state index in [1.54, 1.807) is 30.3 Å². The maximum absolute atomic E-state index is 12.0. The first-order valence-corrected chi connectivity index (χ1v) is 10.9. The first-order chi connectivity index (χ1) is 13.8. The van der Waals surface area contributed by atoms with Crippen LogP contribution in [0.1, 0.15) is 0 Å². The third-order valence-electron chi connectivity index (χ3n) is 4.30. The van der Waals surface area contributed by atoms with Crippen LogP contribution in [0.5, 0.6) is 0 Å². The average molecular weight is 470 g/mol. The lowest BCUT2D eigenvalue weighted by atomic mass is 10.0. The Balaban J connectivity index is 1.89. The van der Waals surface area contributed by atoms with Gasteiger partial charge in [0, 0.05) is 21.1 Å². The van der Waals surface area contributed by atoms with E-state index in [0.29, 0.717) is 27.8 Å². The Kier molecular flexibility index (Phi) is 4.95. The number of nitrogens with one attached hydrogen (secondary N) is 1. The second-order valence-electron chi connectivity index (χ2n) is 6.34. The molecule has 0 bridgehead atoms. The second kappa shape index (κ2) is 7.43.